The Morgan fingerprint density at radius 1 is 1.17 bits per heavy atom. The first-order chi connectivity index (χ1) is 17.4. The molecule has 0 radical (unpaired) electrons. The summed E-state index contributed by atoms with van der Waals surface area (Å²) in [5, 5.41) is 23.3. The molecule has 1 aliphatic heterocycles. The predicted octanol–water partition coefficient (Wildman–Crippen LogP) is 4.22. The number of hydrogen-bond acceptors (Lipinski definition) is 7. The normalized spacial score (nSPS) is 16.5. The molecule has 0 saturated carbocycles. The number of nitriles is 1. The van der Waals surface area contributed by atoms with Gasteiger partial charge in [-0.1, -0.05) is 29.8 Å². The third-order valence-electron chi connectivity index (χ3n) is 5.35. The van der Waals surface area contributed by atoms with E-state index in [1.165, 1.54) is 12.0 Å². The molecule has 2 aromatic carbocycles. The van der Waals surface area contributed by atoms with Gasteiger partial charge in [0.1, 0.15) is 11.8 Å². The van der Waals surface area contributed by atoms with Gasteiger partial charge in [-0.2, -0.15) is 5.26 Å². The Labute approximate surface area is 213 Å². The van der Waals surface area contributed by atoms with Gasteiger partial charge in [0.25, 0.3) is 0 Å². The molecule has 3 aromatic rings. The molecule has 1 atom stereocenters. The van der Waals surface area contributed by atoms with E-state index in [9.17, 15) is 9.90 Å². The van der Waals surface area contributed by atoms with E-state index in [0.29, 0.717) is 28.8 Å². The predicted molar refractivity (Wildman–Crippen MR) is 133 cm³/mol. The fourth-order valence-electron chi connectivity index (χ4n) is 3.54. The molecule has 1 unspecified atom stereocenters. The number of guanidine groups is 1. The van der Waals surface area contributed by atoms with Crippen LogP contribution in [0.3, 0.4) is 0 Å². The molecule has 1 aliphatic rings. The number of benzene rings is 2. The van der Waals surface area contributed by atoms with Gasteiger partial charge in [0, 0.05) is 23.7 Å². The number of aliphatic hydroxyl groups is 1. The van der Waals surface area contributed by atoms with Crippen molar-refractivity contribution in [1.82, 2.24) is 20.1 Å². The number of urea groups is 1. The molecule has 2 N–H and O–H groups in total. The van der Waals surface area contributed by atoms with Crippen LogP contribution in [0.5, 0.6) is 17.4 Å². The summed E-state index contributed by atoms with van der Waals surface area (Å²) in [5.74, 6) is 1.14. The first kappa shape index (κ1) is 24.8. The quantitative estimate of drug-likeness (QED) is 0.491. The van der Waals surface area contributed by atoms with Crippen molar-refractivity contribution in [3.05, 3.63) is 76.9 Å². The van der Waals surface area contributed by atoms with E-state index in [2.05, 4.69) is 15.3 Å². The molecular weight excluding hydrogens is 484 g/mol. The summed E-state index contributed by atoms with van der Waals surface area (Å²) < 4.78 is 11.2. The van der Waals surface area contributed by atoms with Crippen LogP contribution < -0.4 is 14.8 Å². The third-order valence-corrected chi connectivity index (χ3v) is 5.60. The molecule has 36 heavy (non-hydrogen) atoms. The van der Waals surface area contributed by atoms with Crippen LogP contribution in [0.15, 0.2) is 65.7 Å². The van der Waals surface area contributed by atoms with E-state index in [1.807, 2.05) is 18.2 Å². The number of ether oxygens (including phenoxy) is 2. The number of carbonyl (C=O) groups excluding carboxylic acids is 1. The smallest absolute Gasteiger partial charge is 0.327 e. The van der Waals surface area contributed by atoms with E-state index in [-0.39, 0.29) is 24.1 Å². The highest BCUT2D eigenvalue weighted by atomic mass is 35.5. The van der Waals surface area contributed by atoms with Crippen molar-refractivity contribution in [3.63, 3.8) is 0 Å². The molecule has 10 nitrogen and oxygen atoms in total. The van der Waals surface area contributed by atoms with Gasteiger partial charge in [0.2, 0.25) is 18.2 Å². The van der Waals surface area contributed by atoms with E-state index < -0.39 is 12.4 Å². The second-order valence-corrected chi connectivity index (χ2v) is 8.10. The average Bonchev–Trinajstić information content (AvgIpc) is 2.88. The third kappa shape index (κ3) is 5.49. The van der Waals surface area contributed by atoms with Crippen molar-refractivity contribution in [1.29, 1.82) is 5.26 Å². The van der Waals surface area contributed by atoms with Crippen LogP contribution in [0.2, 0.25) is 5.02 Å². The molecule has 1 aromatic heterocycles. The van der Waals surface area contributed by atoms with Gasteiger partial charge < -0.3 is 14.6 Å². The first-order valence-electron chi connectivity index (χ1n) is 11.0. The van der Waals surface area contributed by atoms with Gasteiger partial charge >= 0.3 is 6.03 Å². The number of nitrogens with zero attached hydrogens (tertiary/aromatic N) is 5. The number of amides is 2. The van der Waals surface area contributed by atoms with Gasteiger partial charge in [-0.05, 0) is 42.8 Å². The van der Waals surface area contributed by atoms with Crippen molar-refractivity contribution in [2.24, 2.45) is 4.99 Å². The maximum absolute atomic E-state index is 12.6. The van der Waals surface area contributed by atoms with Gasteiger partial charge in [-0.3, -0.25) is 15.1 Å². The summed E-state index contributed by atoms with van der Waals surface area (Å²) in [6.07, 6.45) is -1.22. The number of nitrogens with one attached hydrogen (secondary N) is 1. The number of carbonyl (C=O) groups is 1. The second kappa shape index (κ2) is 10.9. The largest absolute Gasteiger partial charge is 0.493 e. The Morgan fingerprint density at radius 3 is 2.64 bits per heavy atom. The second-order valence-electron chi connectivity index (χ2n) is 7.66. The molecular formula is C25H23ClN6O4. The monoisotopic (exact) mass is 506 g/mol. The summed E-state index contributed by atoms with van der Waals surface area (Å²) in [6, 6.07) is 18.5. The summed E-state index contributed by atoms with van der Waals surface area (Å²) in [4.78, 5) is 24.1. The van der Waals surface area contributed by atoms with E-state index in [0.717, 1.165) is 5.56 Å². The lowest BCUT2D eigenvalue weighted by atomic mass is 10.2. The molecule has 0 spiro atoms. The van der Waals surface area contributed by atoms with Crippen molar-refractivity contribution in [2.75, 3.05) is 13.7 Å². The number of aliphatic hydroxyl groups excluding tert-OH is 1. The zero-order valence-corrected chi connectivity index (χ0v) is 20.3. The van der Waals surface area contributed by atoms with Crippen molar-refractivity contribution >= 4 is 29.3 Å². The van der Waals surface area contributed by atoms with Crippen molar-refractivity contribution in [2.45, 2.75) is 19.8 Å². The summed E-state index contributed by atoms with van der Waals surface area (Å²) in [5.41, 5.74) is 1.54. The Balaban J connectivity index is 1.64. The van der Waals surface area contributed by atoms with Crippen LogP contribution in [0.4, 0.5) is 10.5 Å². The van der Waals surface area contributed by atoms with Crippen LogP contribution in [0, 0.1) is 11.3 Å². The lowest BCUT2D eigenvalue weighted by molar-refractivity contribution is -0.0670. The van der Waals surface area contributed by atoms with Gasteiger partial charge in [-0.15, -0.1) is 0 Å². The van der Waals surface area contributed by atoms with Crippen LogP contribution in [0.1, 0.15) is 18.2 Å². The van der Waals surface area contributed by atoms with Gasteiger partial charge in [0.05, 0.1) is 19.3 Å². The summed E-state index contributed by atoms with van der Waals surface area (Å²) in [6.45, 7) is 2.35. The maximum Gasteiger partial charge on any atom is 0.327 e. The molecule has 0 bridgehead atoms. The number of methoxy groups -OCH3 is 1. The highest BCUT2D eigenvalue weighted by Crippen LogP contribution is 2.34. The summed E-state index contributed by atoms with van der Waals surface area (Å²) in [7, 11) is 1.48. The van der Waals surface area contributed by atoms with E-state index >= 15 is 0 Å². The Morgan fingerprint density at radius 2 is 1.94 bits per heavy atom. The minimum absolute atomic E-state index is 0.172. The lowest BCUT2D eigenvalue weighted by Gasteiger charge is -2.41. The molecule has 2 amide bonds. The van der Waals surface area contributed by atoms with Gasteiger partial charge in [-0.25, -0.2) is 14.8 Å². The molecule has 184 valence electrons. The Bertz CT molecular complexity index is 1320. The fourth-order valence-corrected chi connectivity index (χ4v) is 3.67. The standard InChI is InChI=1S/C25H23ClN6O4/c1-3-31-24(33)30-23(32(25(31)34)15-16-7-9-17(26)10-8-16)29-18-11-12-20(21(13-18)35-2)36-22-6-4-5-19(14-27)28-22/h4-13,25,34H,3,15H2,1-2H3,(H,29,30,33). The van der Waals surface area contributed by atoms with Crippen molar-refractivity contribution in [3.8, 4) is 23.4 Å². The maximum atomic E-state index is 12.6. The Kier molecular flexibility index (Phi) is 7.53. The SMILES string of the molecule is CCN1C(=O)NC(=Nc2ccc(Oc3cccc(C#N)n3)c(OC)c2)N(Cc2ccc(Cl)cc2)C1O. The zero-order chi connectivity index (χ0) is 25.7. The lowest BCUT2D eigenvalue weighted by Crippen LogP contribution is -2.65. The molecule has 2 heterocycles. The molecule has 1 saturated heterocycles. The number of rotatable bonds is 7. The van der Waals surface area contributed by atoms with E-state index in [4.69, 9.17) is 26.3 Å². The number of pyridine rings is 1. The van der Waals surface area contributed by atoms with Gasteiger partial charge in [0.15, 0.2) is 11.5 Å². The minimum atomic E-state index is -1.22. The molecule has 0 aliphatic carbocycles. The highest BCUT2D eigenvalue weighted by Gasteiger charge is 2.35. The fraction of sp³-hybridized carbons (Fsp3) is 0.200. The topological polar surface area (TPSA) is 123 Å². The Hall–Kier alpha value is -4.33. The molecule has 11 heteroatoms. The number of halogens is 1. The van der Waals surface area contributed by atoms with E-state index in [1.54, 1.807) is 60.4 Å². The summed E-state index contributed by atoms with van der Waals surface area (Å²) >= 11 is 6.00. The number of aromatic nitrogens is 1. The molecule has 1 fully saturated rings. The molecule has 4 rings (SSSR count). The van der Waals surface area contributed by atoms with Crippen LogP contribution >= 0.6 is 11.6 Å². The average molecular weight is 507 g/mol. The number of aliphatic imine (C=N–C) groups is 1. The first-order valence-corrected chi connectivity index (χ1v) is 11.4. The highest BCUT2D eigenvalue weighted by molar-refractivity contribution is 6.30. The van der Waals surface area contributed by atoms with Crippen LogP contribution in [0.25, 0.3) is 0 Å². The van der Waals surface area contributed by atoms with Crippen LogP contribution in [-0.2, 0) is 6.54 Å². The number of hydrogen-bond donors (Lipinski definition) is 2. The van der Waals surface area contributed by atoms with Crippen molar-refractivity contribution < 1.29 is 19.4 Å². The zero-order valence-electron chi connectivity index (χ0n) is 19.6. The minimum Gasteiger partial charge on any atom is -0.493 e. The van der Waals surface area contributed by atoms with Crippen LogP contribution in [-0.4, -0.2) is 51.9 Å².